The second-order valence-electron chi connectivity index (χ2n) is 13.3. The van der Waals surface area contributed by atoms with Crippen molar-refractivity contribution < 1.29 is 23.8 Å². The molecule has 1 aromatic carbocycles. The zero-order valence-electron chi connectivity index (χ0n) is 26.1. The molecule has 0 radical (unpaired) electrons. The van der Waals surface area contributed by atoms with Crippen molar-refractivity contribution in [2.24, 2.45) is 5.92 Å². The Kier molecular flexibility index (Phi) is 10.6. The van der Waals surface area contributed by atoms with Crippen molar-refractivity contribution >= 4 is 11.9 Å². The number of amides is 1. The van der Waals surface area contributed by atoms with Gasteiger partial charge in [0.05, 0.1) is 23.3 Å². The van der Waals surface area contributed by atoms with Gasteiger partial charge in [-0.25, -0.2) is 0 Å². The summed E-state index contributed by atoms with van der Waals surface area (Å²) in [4.78, 5) is 33.4. The van der Waals surface area contributed by atoms with Gasteiger partial charge in [0, 0.05) is 25.9 Å². The fraction of sp³-hybridized carbons (Fsp3) is 0.639. The van der Waals surface area contributed by atoms with Crippen LogP contribution in [-0.2, 0) is 37.4 Å². The molecular weight excluding hydrogens is 554 g/mol. The number of ether oxygens (including phenoxy) is 3. The Labute approximate surface area is 262 Å². The van der Waals surface area contributed by atoms with E-state index < -0.39 is 5.41 Å². The first kappa shape index (κ1) is 31.2. The number of pyridine rings is 1. The minimum Gasteiger partial charge on any atom is -0.460 e. The highest BCUT2D eigenvalue weighted by Crippen LogP contribution is 2.42. The molecular formula is C36H49N3O5. The number of aromatic nitrogens is 1. The van der Waals surface area contributed by atoms with Crippen molar-refractivity contribution in [3.05, 3.63) is 65.0 Å². The molecule has 1 N–H and O–H groups in total. The summed E-state index contributed by atoms with van der Waals surface area (Å²) in [5.74, 6) is 0.417. The predicted octanol–water partition coefficient (Wildman–Crippen LogP) is 5.72. The summed E-state index contributed by atoms with van der Waals surface area (Å²) in [7, 11) is 0. The van der Waals surface area contributed by atoms with E-state index in [2.05, 4.69) is 39.5 Å². The SMILES string of the molecule is O=C(NCCCCc1cccc(C2(C(=O)O[C@H]3CN4CCC3CC4)CCCCC2)c1)c1ccc(COC2CCCCO2)nc1. The monoisotopic (exact) mass is 603 g/mol. The van der Waals surface area contributed by atoms with Crippen LogP contribution in [0, 0.1) is 5.92 Å². The number of carbonyl (C=O) groups is 2. The molecule has 2 bridgehead atoms. The highest BCUT2D eigenvalue weighted by molar-refractivity contribution is 5.93. The molecule has 0 spiro atoms. The molecule has 2 atom stereocenters. The zero-order valence-corrected chi connectivity index (χ0v) is 26.1. The predicted molar refractivity (Wildman–Crippen MR) is 168 cm³/mol. The molecule has 5 fully saturated rings. The van der Waals surface area contributed by atoms with Crippen molar-refractivity contribution in [2.75, 3.05) is 32.8 Å². The lowest BCUT2D eigenvalue weighted by Crippen LogP contribution is -2.53. The van der Waals surface area contributed by atoms with Crippen LogP contribution in [-0.4, -0.2) is 66.9 Å². The van der Waals surface area contributed by atoms with Gasteiger partial charge in [-0.1, -0.05) is 43.5 Å². The van der Waals surface area contributed by atoms with E-state index in [1.165, 1.54) is 12.0 Å². The Balaban J connectivity index is 0.964. The number of nitrogens with one attached hydrogen (secondary N) is 1. The molecule has 1 amide bonds. The normalized spacial score (nSPS) is 26.2. The second-order valence-corrected chi connectivity index (χ2v) is 13.3. The van der Waals surface area contributed by atoms with Gasteiger partial charge < -0.3 is 19.5 Å². The lowest BCUT2D eigenvalue weighted by atomic mass is 9.69. The number of hydrogen-bond acceptors (Lipinski definition) is 7. The maximum atomic E-state index is 13.9. The third kappa shape index (κ3) is 7.69. The van der Waals surface area contributed by atoms with Gasteiger partial charge in [0.2, 0.25) is 0 Å². The number of rotatable bonds is 12. The number of benzene rings is 1. The maximum absolute atomic E-state index is 13.9. The van der Waals surface area contributed by atoms with E-state index in [1.807, 2.05) is 6.07 Å². The molecule has 1 saturated carbocycles. The summed E-state index contributed by atoms with van der Waals surface area (Å²) in [5, 5.41) is 3.03. The van der Waals surface area contributed by atoms with Crippen LogP contribution in [0.2, 0.25) is 0 Å². The molecule has 1 aliphatic carbocycles. The Morgan fingerprint density at radius 2 is 1.86 bits per heavy atom. The van der Waals surface area contributed by atoms with Crippen LogP contribution < -0.4 is 5.32 Å². The third-order valence-electron chi connectivity index (χ3n) is 10.3. The summed E-state index contributed by atoms with van der Waals surface area (Å²) in [5.41, 5.74) is 3.20. The van der Waals surface area contributed by atoms with Gasteiger partial charge in [-0.15, -0.1) is 0 Å². The lowest BCUT2D eigenvalue weighted by Gasteiger charge is -2.45. The molecule has 8 nitrogen and oxygen atoms in total. The van der Waals surface area contributed by atoms with Crippen molar-refractivity contribution in [1.82, 2.24) is 15.2 Å². The molecule has 2 aromatic rings. The molecule has 44 heavy (non-hydrogen) atoms. The smallest absolute Gasteiger partial charge is 0.316 e. The Hall–Kier alpha value is -2.81. The Bertz CT molecular complexity index is 1230. The van der Waals surface area contributed by atoms with E-state index in [4.69, 9.17) is 14.2 Å². The van der Waals surface area contributed by atoms with E-state index in [0.717, 1.165) is 115 Å². The van der Waals surface area contributed by atoms with Crippen LogP contribution in [0.1, 0.15) is 104 Å². The molecule has 4 aliphatic heterocycles. The minimum absolute atomic E-state index is 0.00380. The quantitative estimate of drug-likeness (QED) is 0.245. The minimum atomic E-state index is -0.520. The van der Waals surface area contributed by atoms with Crippen LogP contribution in [0.3, 0.4) is 0 Å². The first-order valence-electron chi connectivity index (χ1n) is 17.1. The summed E-state index contributed by atoms with van der Waals surface area (Å²) in [6.07, 6.45) is 14.8. The highest BCUT2D eigenvalue weighted by Gasteiger charge is 2.45. The van der Waals surface area contributed by atoms with E-state index in [0.29, 0.717) is 24.6 Å². The average molecular weight is 604 g/mol. The number of fused-ring (bicyclic) bond motifs is 3. The van der Waals surface area contributed by atoms with Gasteiger partial charge in [-0.3, -0.25) is 19.5 Å². The average Bonchev–Trinajstić information content (AvgIpc) is 3.09. The van der Waals surface area contributed by atoms with Gasteiger partial charge in [-0.2, -0.15) is 0 Å². The third-order valence-corrected chi connectivity index (χ3v) is 10.3. The van der Waals surface area contributed by atoms with E-state index in [1.54, 1.807) is 12.3 Å². The van der Waals surface area contributed by atoms with Crippen LogP contribution in [0.5, 0.6) is 0 Å². The van der Waals surface area contributed by atoms with Crippen molar-refractivity contribution in [3.8, 4) is 0 Å². The Morgan fingerprint density at radius 1 is 1.00 bits per heavy atom. The molecule has 4 saturated heterocycles. The summed E-state index contributed by atoms with van der Waals surface area (Å²) >= 11 is 0. The molecule has 238 valence electrons. The van der Waals surface area contributed by atoms with Crippen LogP contribution in [0.15, 0.2) is 42.6 Å². The summed E-state index contributed by atoms with van der Waals surface area (Å²) < 4.78 is 17.7. The summed E-state index contributed by atoms with van der Waals surface area (Å²) in [6.45, 7) is 4.93. The molecule has 5 aliphatic rings. The largest absolute Gasteiger partial charge is 0.460 e. The van der Waals surface area contributed by atoms with E-state index in [9.17, 15) is 9.59 Å². The molecule has 1 aromatic heterocycles. The van der Waals surface area contributed by atoms with Crippen molar-refractivity contribution in [3.63, 3.8) is 0 Å². The number of carbonyl (C=O) groups excluding carboxylic acids is 2. The van der Waals surface area contributed by atoms with Crippen LogP contribution in [0.4, 0.5) is 0 Å². The van der Waals surface area contributed by atoms with E-state index >= 15 is 0 Å². The number of aryl methyl sites for hydroxylation is 1. The van der Waals surface area contributed by atoms with Crippen molar-refractivity contribution in [2.45, 2.75) is 108 Å². The van der Waals surface area contributed by atoms with Gasteiger partial charge in [0.25, 0.3) is 5.91 Å². The fourth-order valence-corrected chi connectivity index (χ4v) is 7.51. The molecule has 8 heteroatoms. The number of esters is 1. The lowest BCUT2D eigenvalue weighted by molar-refractivity contribution is -0.169. The first-order chi connectivity index (χ1) is 21.6. The topological polar surface area (TPSA) is 90.0 Å². The van der Waals surface area contributed by atoms with Gasteiger partial charge in [0.1, 0.15) is 6.10 Å². The number of unbranched alkanes of at least 4 members (excludes halogenated alkanes) is 1. The second kappa shape index (κ2) is 15.0. The summed E-state index contributed by atoms with van der Waals surface area (Å²) in [6, 6.07) is 12.3. The van der Waals surface area contributed by atoms with Crippen LogP contribution in [0.25, 0.3) is 0 Å². The first-order valence-corrected chi connectivity index (χ1v) is 17.1. The number of hydrogen-bond donors (Lipinski definition) is 1. The van der Waals surface area contributed by atoms with Crippen LogP contribution >= 0.6 is 0 Å². The standard InChI is InChI=1S/C36H49N3O5/c40-34(29-13-14-31(38-24-29)26-43-33-12-3-7-22-42-33)37-19-6-2-9-27-10-8-11-30(23-27)36(17-4-1-5-18-36)35(41)44-32-25-39-20-15-28(32)16-21-39/h8,10-11,13-14,23-24,28,32-33H,1-7,9,12,15-22,25-26H2,(H,37,40)/t32-,33?/m0/s1. The molecule has 5 heterocycles. The van der Waals surface area contributed by atoms with Crippen molar-refractivity contribution in [1.29, 1.82) is 0 Å². The molecule has 7 rings (SSSR count). The maximum Gasteiger partial charge on any atom is 0.316 e. The zero-order chi connectivity index (χ0) is 30.2. The Morgan fingerprint density at radius 3 is 2.59 bits per heavy atom. The highest BCUT2D eigenvalue weighted by atomic mass is 16.7. The van der Waals surface area contributed by atoms with Gasteiger partial charge in [-0.05, 0) is 106 Å². The van der Waals surface area contributed by atoms with E-state index in [-0.39, 0.29) is 24.3 Å². The number of nitrogens with zero attached hydrogens (tertiary/aromatic N) is 2. The molecule has 1 unspecified atom stereocenters. The van der Waals surface area contributed by atoms with Gasteiger partial charge in [0.15, 0.2) is 6.29 Å². The fourth-order valence-electron chi connectivity index (χ4n) is 7.51. The number of piperidine rings is 3. The van der Waals surface area contributed by atoms with Gasteiger partial charge >= 0.3 is 5.97 Å².